The zero-order valence-corrected chi connectivity index (χ0v) is 7.65. The molecule has 0 atom stereocenters. The number of halogens is 3. The Balaban J connectivity index is 2.64. The van der Waals surface area contributed by atoms with Gasteiger partial charge in [0.25, 0.3) is 0 Å². The van der Waals surface area contributed by atoms with Crippen LogP contribution in [-0.2, 0) is 0 Å². The Morgan fingerprint density at radius 1 is 1.23 bits per heavy atom. The van der Waals surface area contributed by atoms with E-state index in [0.717, 1.165) is 12.1 Å². The summed E-state index contributed by atoms with van der Waals surface area (Å²) in [6.07, 6.45) is 0.565. The topological polar surface area (TPSA) is 9.23 Å². The lowest BCUT2D eigenvalue weighted by atomic mass is 10.3. The van der Waals surface area contributed by atoms with E-state index in [0.29, 0.717) is 12.3 Å². The predicted molar refractivity (Wildman–Crippen MR) is 47.2 cm³/mol. The molecule has 0 saturated carbocycles. The Hall–Kier alpha value is -0.830. The average Bonchev–Trinajstić information content (AvgIpc) is 2.10. The number of hydrogen-bond acceptors (Lipinski definition) is 1. The summed E-state index contributed by atoms with van der Waals surface area (Å²) in [5, 5.41) is 0. The van der Waals surface area contributed by atoms with Crippen LogP contribution in [0, 0.1) is 11.6 Å². The van der Waals surface area contributed by atoms with E-state index in [1.165, 1.54) is 6.07 Å². The van der Waals surface area contributed by atoms with Gasteiger partial charge in [-0.2, -0.15) is 0 Å². The molecule has 0 unspecified atom stereocenters. The minimum atomic E-state index is -0.686. The van der Waals surface area contributed by atoms with E-state index in [-0.39, 0.29) is 12.4 Å². The maximum atomic E-state index is 12.9. The van der Waals surface area contributed by atoms with Gasteiger partial charge in [0.1, 0.15) is 0 Å². The van der Waals surface area contributed by atoms with Crippen molar-refractivity contribution in [3.05, 3.63) is 29.8 Å². The largest absolute Gasteiger partial charge is 0.488 e. The van der Waals surface area contributed by atoms with Crippen LogP contribution >= 0.6 is 11.6 Å². The number of para-hydroxylation sites is 1. The molecule has 0 bridgehead atoms. The average molecular weight is 207 g/mol. The second-order valence-electron chi connectivity index (χ2n) is 2.44. The molecule has 0 radical (unpaired) electrons. The van der Waals surface area contributed by atoms with Crippen LogP contribution in [0.2, 0.25) is 0 Å². The highest BCUT2D eigenvalue weighted by Gasteiger charge is 2.08. The Morgan fingerprint density at radius 2 is 1.85 bits per heavy atom. The van der Waals surface area contributed by atoms with Gasteiger partial charge < -0.3 is 4.74 Å². The Morgan fingerprint density at radius 3 is 2.38 bits per heavy atom. The Kier molecular flexibility index (Phi) is 3.96. The van der Waals surface area contributed by atoms with Crippen LogP contribution in [0.1, 0.15) is 6.42 Å². The van der Waals surface area contributed by atoms with Crippen molar-refractivity contribution in [3.8, 4) is 5.75 Å². The first kappa shape index (κ1) is 10.3. The number of ether oxygens (including phenoxy) is 1. The number of hydrogen-bond donors (Lipinski definition) is 0. The first-order chi connectivity index (χ1) is 6.25. The lowest BCUT2D eigenvalue weighted by molar-refractivity contribution is 0.285. The van der Waals surface area contributed by atoms with Gasteiger partial charge in [0.05, 0.1) is 6.61 Å². The number of alkyl halides is 1. The van der Waals surface area contributed by atoms with Gasteiger partial charge in [-0.15, -0.1) is 11.6 Å². The zero-order valence-electron chi connectivity index (χ0n) is 6.90. The summed E-state index contributed by atoms with van der Waals surface area (Å²) in [5.41, 5.74) is 0. The van der Waals surface area contributed by atoms with Crippen molar-refractivity contribution in [1.82, 2.24) is 0 Å². The third-order valence-corrected chi connectivity index (χ3v) is 1.71. The first-order valence-electron chi connectivity index (χ1n) is 3.88. The molecule has 0 heterocycles. The minimum absolute atomic E-state index is 0.224. The van der Waals surface area contributed by atoms with Gasteiger partial charge in [0.15, 0.2) is 17.4 Å². The van der Waals surface area contributed by atoms with E-state index < -0.39 is 11.6 Å². The third kappa shape index (κ3) is 2.84. The second kappa shape index (κ2) is 5.02. The minimum Gasteiger partial charge on any atom is -0.488 e. The SMILES string of the molecule is Fc1cccc(F)c1OCCCCl. The summed E-state index contributed by atoms with van der Waals surface area (Å²) in [6, 6.07) is 3.59. The van der Waals surface area contributed by atoms with Gasteiger partial charge in [-0.1, -0.05) is 6.07 Å². The van der Waals surface area contributed by atoms with Crippen molar-refractivity contribution in [3.63, 3.8) is 0 Å². The van der Waals surface area contributed by atoms with Crippen LogP contribution < -0.4 is 4.74 Å². The molecular formula is C9H9ClF2O. The van der Waals surface area contributed by atoms with Crippen molar-refractivity contribution in [2.75, 3.05) is 12.5 Å². The lowest BCUT2D eigenvalue weighted by Gasteiger charge is -2.06. The smallest absolute Gasteiger partial charge is 0.190 e. The molecule has 0 aliphatic carbocycles. The van der Waals surface area contributed by atoms with E-state index in [9.17, 15) is 8.78 Å². The molecule has 13 heavy (non-hydrogen) atoms. The maximum Gasteiger partial charge on any atom is 0.190 e. The van der Waals surface area contributed by atoms with Crippen molar-refractivity contribution in [1.29, 1.82) is 0 Å². The van der Waals surface area contributed by atoms with Crippen molar-refractivity contribution >= 4 is 11.6 Å². The molecular weight excluding hydrogens is 198 g/mol. The number of rotatable bonds is 4. The van der Waals surface area contributed by atoms with Crippen molar-refractivity contribution in [2.24, 2.45) is 0 Å². The summed E-state index contributed by atoms with van der Waals surface area (Å²) in [6.45, 7) is 0.224. The highest BCUT2D eigenvalue weighted by Crippen LogP contribution is 2.20. The normalized spacial score (nSPS) is 10.1. The molecule has 0 saturated heterocycles. The summed E-state index contributed by atoms with van der Waals surface area (Å²) in [5.74, 6) is -1.28. The van der Waals surface area contributed by atoms with Gasteiger partial charge in [-0.25, -0.2) is 8.78 Å². The highest BCUT2D eigenvalue weighted by atomic mass is 35.5. The summed E-state index contributed by atoms with van der Waals surface area (Å²) in [4.78, 5) is 0. The highest BCUT2D eigenvalue weighted by molar-refractivity contribution is 6.17. The van der Waals surface area contributed by atoms with Gasteiger partial charge in [-0.3, -0.25) is 0 Å². The number of benzene rings is 1. The van der Waals surface area contributed by atoms with Crippen LogP contribution in [-0.4, -0.2) is 12.5 Å². The van der Waals surface area contributed by atoms with Crippen LogP contribution in [0.15, 0.2) is 18.2 Å². The van der Waals surface area contributed by atoms with E-state index in [1.54, 1.807) is 0 Å². The van der Waals surface area contributed by atoms with Crippen molar-refractivity contribution in [2.45, 2.75) is 6.42 Å². The summed E-state index contributed by atoms with van der Waals surface area (Å²) < 4.78 is 30.6. The lowest BCUT2D eigenvalue weighted by Crippen LogP contribution is -2.01. The van der Waals surface area contributed by atoms with E-state index in [2.05, 4.69) is 0 Å². The fourth-order valence-electron chi connectivity index (χ4n) is 0.849. The molecule has 1 nitrogen and oxygen atoms in total. The van der Waals surface area contributed by atoms with Gasteiger partial charge in [-0.05, 0) is 18.6 Å². The van der Waals surface area contributed by atoms with E-state index >= 15 is 0 Å². The molecule has 0 N–H and O–H groups in total. The summed E-state index contributed by atoms with van der Waals surface area (Å²) >= 11 is 5.38. The van der Waals surface area contributed by atoms with Gasteiger partial charge in [0, 0.05) is 5.88 Å². The molecule has 1 rings (SSSR count). The second-order valence-corrected chi connectivity index (χ2v) is 2.82. The van der Waals surface area contributed by atoms with Crippen LogP contribution in [0.4, 0.5) is 8.78 Å². The van der Waals surface area contributed by atoms with Crippen molar-refractivity contribution < 1.29 is 13.5 Å². The third-order valence-electron chi connectivity index (χ3n) is 1.44. The molecule has 0 spiro atoms. The maximum absolute atomic E-state index is 12.9. The Labute approximate surface area is 80.3 Å². The fraction of sp³-hybridized carbons (Fsp3) is 0.333. The van der Waals surface area contributed by atoms with Gasteiger partial charge in [0.2, 0.25) is 0 Å². The van der Waals surface area contributed by atoms with E-state index in [1.807, 2.05) is 0 Å². The monoisotopic (exact) mass is 206 g/mol. The van der Waals surface area contributed by atoms with Crippen LogP contribution in [0.3, 0.4) is 0 Å². The van der Waals surface area contributed by atoms with Crippen LogP contribution in [0.5, 0.6) is 5.75 Å². The fourth-order valence-corrected chi connectivity index (χ4v) is 0.958. The molecule has 0 aliphatic rings. The van der Waals surface area contributed by atoms with E-state index in [4.69, 9.17) is 16.3 Å². The molecule has 1 aromatic rings. The van der Waals surface area contributed by atoms with Crippen LogP contribution in [0.25, 0.3) is 0 Å². The zero-order chi connectivity index (χ0) is 9.68. The molecule has 72 valence electrons. The Bertz CT molecular complexity index is 258. The molecule has 0 amide bonds. The standard InChI is InChI=1S/C9H9ClF2O/c10-5-2-6-13-9-7(11)3-1-4-8(9)12/h1,3-4H,2,5-6H2. The molecule has 1 aromatic carbocycles. The molecule has 4 heteroatoms. The summed E-state index contributed by atoms with van der Waals surface area (Å²) in [7, 11) is 0. The quantitative estimate of drug-likeness (QED) is 0.544. The predicted octanol–water partition coefficient (Wildman–Crippen LogP) is 2.97. The first-order valence-corrected chi connectivity index (χ1v) is 4.42. The molecule has 0 aromatic heterocycles. The molecule has 0 aliphatic heterocycles. The van der Waals surface area contributed by atoms with Gasteiger partial charge >= 0.3 is 0 Å². The molecule has 0 fully saturated rings.